The molecule has 19 heavy (non-hydrogen) atoms. The molecule has 2 heterocycles. The maximum absolute atomic E-state index is 6.57. The largest absolute Gasteiger partial charge is 0.375 e. The lowest BCUT2D eigenvalue weighted by molar-refractivity contribution is 0.0885. The molecule has 2 aromatic rings. The first kappa shape index (κ1) is 11.4. The zero-order valence-electron chi connectivity index (χ0n) is 11.0. The Morgan fingerprint density at radius 3 is 2.68 bits per heavy atom. The standard InChI is InChI=1S/C17H19NO/c18-17(15-10-12-8-9-16(15)19-12)14-7-3-5-11-4-1-2-6-13(11)14/h1-7,12,15-17H,8-10,18H2. The van der Waals surface area contributed by atoms with Gasteiger partial charge in [0.15, 0.2) is 0 Å². The Labute approximate surface area is 113 Å². The van der Waals surface area contributed by atoms with E-state index in [4.69, 9.17) is 10.5 Å². The highest BCUT2D eigenvalue weighted by atomic mass is 16.5. The lowest BCUT2D eigenvalue weighted by atomic mass is 9.80. The van der Waals surface area contributed by atoms with Crippen LogP contribution in [0.2, 0.25) is 0 Å². The van der Waals surface area contributed by atoms with Crippen LogP contribution in [0.25, 0.3) is 10.8 Å². The van der Waals surface area contributed by atoms with Gasteiger partial charge in [-0.2, -0.15) is 0 Å². The van der Waals surface area contributed by atoms with Gasteiger partial charge in [-0.05, 0) is 35.6 Å². The third-order valence-electron chi connectivity index (χ3n) is 4.80. The minimum absolute atomic E-state index is 0.0985. The molecule has 0 spiro atoms. The van der Waals surface area contributed by atoms with Crippen molar-refractivity contribution in [1.82, 2.24) is 0 Å². The maximum atomic E-state index is 6.57. The third-order valence-corrected chi connectivity index (χ3v) is 4.80. The average Bonchev–Trinajstić information content (AvgIpc) is 3.08. The molecular formula is C17H19NO. The van der Waals surface area contributed by atoms with Gasteiger partial charge >= 0.3 is 0 Å². The van der Waals surface area contributed by atoms with E-state index in [0.29, 0.717) is 18.1 Å². The number of fused-ring (bicyclic) bond motifs is 3. The van der Waals surface area contributed by atoms with E-state index >= 15 is 0 Å². The molecule has 2 saturated heterocycles. The smallest absolute Gasteiger partial charge is 0.0627 e. The molecule has 2 fully saturated rings. The Morgan fingerprint density at radius 1 is 1.05 bits per heavy atom. The van der Waals surface area contributed by atoms with Gasteiger partial charge in [-0.3, -0.25) is 0 Å². The molecule has 98 valence electrons. The molecule has 4 atom stereocenters. The highest BCUT2D eigenvalue weighted by Gasteiger charge is 2.43. The molecule has 2 aromatic carbocycles. The summed E-state index contributed by atoms with van der Waals surface area (Å²) >= 11 is 0. The highest BCUT2D eigenvalue weighted by molar-refractivity contribution is 5.86. The molecule has 2 bridgehead atoms. The van der Waals surface area contributed by atoms with Crippen molar-refractivity contribution in [1.29, 1.82) is 0 Å². The van der Waals surface area contributed by atoms with Gasteiger partial charge in [0.05, 0.1) is 12.2 Å². The second-order valence-corrected chi connectivity index (χ2v) is 5.87. The summed E-state index contributed by atoms with van der Waals surface area (Å²) in [6.07, 6.45) is 4.40. The highest BCUT2D eigenvalue weighted by Crippen LogP contribution is 2.44. The van der Waals surface area contributed by atoms with Crippen molar-refractivity contribution >= 4 is 10.8 Å². The summed E-state index contributed by atoms with van der Waals surface area (Å²) in [4.78, 5) is 0. The van der Waals surface area contributed by atoms with Gasteiger partial charge in [-0.25, -0.2) is 0 Å². The zero-order chi connectivity index (χ0) is 12.8. The van der Waals surface area contributed by atoms with Gasteiger partial charge in [-0.1, -0.05) is 42.5 Å². The number of ether oxygens (including phenoxy) is 1. The molecule has 0 aromatic heterocycles. The van der Waals surface area contributed by atoms with Crippen LogP contribution in [0.3, 0.4) is 0 Å². The van der Waals surface area contributed by atoms with Crippen molar-refractivity contribution in [3.63, 3.8) is 0 Å². The van der Waals surface area contributed by atoms with Crippen molar-refractivity contribution in [2.75, 3.05) is 0 Å². The number of rotatable bonds is 2. The monoisotopic (exact) mass is 253 g/mol. The Hall–Kier alpha value is -1.38. The molecule has 2 aliphatic heterocycles. The van der Waals surface area contributed by atoms with Crippen LogP contribution in [0.4, 0.5) is 0 Å². The molecular weight excluding hydrogens is 234 g/mol. The van der Waals surface area contributed by atoms with E-state index in [1.54, 1.807) is 0 Å². The molecule has 2 N–H and O–H groups in total. The van der Waals surface area contributed by atoms with E-state index in [2.05, 4.69) is 42.5 Å². The van der Waals surface area contributed by atoms with Crippen LogP contribution in [0, 0.1) is 5.92 Å². The Bertz CT molecular complexity index is 604. The predicted octanol–water partition coefficient (Wildman–Crippen LogP) is 3.41. The van der Waals surface area contributed by atoms with Crippen molar-refractivity contribution in [2.45, 2.75) is 37.5 Å². The Balaban J connectivity index is 1.74. The fourth-order valence-corrected chi connectivity index (χ4v) is 3.83. The van der Waals surface area contributed by atoms with Crippen LogP contribution >= 0.6 is 0 Å². The Morgan fingerprint density at radius 2 is 1.89 bits per heavy atom. The number of hydrogen-bond donors (Lipinski definition) is 1. The van der Waals surface area contributed by atoms with Gasteiger partial charge < -0.3 is 10.5 Å². The van der Waals surface area contributed by atoms with E-state index in [1.165, 1.54) is 29.2 Å². The second kappa shape index (κ2) is 4.32. The van der Waals surface area contributed by atoms with Crippen LogP contribution < -0.4 is 5.73 Å². The lowest BCUT2D eigenvalue weighted by Crippen LogP contribution is -2.29. The summed E-state index contributed by atoms with van der Waals surface area (Å²) in [5, 5.41) is 2.57. The molecule has 2 nitrogen and oxygen atoms in total. The average molecular weight is 253 g/mol. The van der Waals surface area contributed by atoms with Crippen LogP contribution in [-0.4, -0.2) is 12.2 Å². The van der Waals surface area contributed by atoms with Crippen molar-refractivity contribution in [3.05, 3.63) is 48.0 Å². The minimum Gasteiger partial charge on any atom is -0.375 e. The summed E-state index contributed by atoms with van der Waals surface area (Å²) in [6, 6.07) is 15.1. The van der Waals surface area contributed by atoms with E-state index < -0.39 is 0 Å². The molecule has 0 amide bonds. The fraction of sp³-hybridized carbons (Fsp3) is 0.412. The third kappa shape index (κ3) is 1.78. The van der Waals surface area contributed by atoms with E-state index in [9.17, 15) is 0 Å². The van der Waals surface area contributed by atoms with Gasteiger partial charge in [0.1, 0.15) is 0 Å². The summed E-state index contributed by atoms with van der Waals surface area (Å²) in [6.45, 7) is 0. The van der Waals surface area contributed by atoms with Crippen LogP contribution in [0.15, 0.2) is 42.5 Å². The molecule has 4 rings (SSSR count). The van der Waals surface area contributed by atoms with Crippen LogP contribution in [0.5, 0.6) is 0 Å². The number of hydrogen-bond acceptors (Lipinski definition) is 2. The molecule has 2 heteroatoms. The number of nitrogens with two attached hydrogens (primary N) is 1. The SMILES string of the molecule is NC(c1cccc2ccccc12)C1CC2CCC1O2. The Kier molecular flexibility index (Phi) is 2.61. The van der Waals surface area contributed by atoms with E-state index in [0.717, 1.165) is 6.42 Å². The minimum atomic E-state index is 0.0985. The van der Waals surface area contributed by atoms with Gasteiger partial charge in [0.2, 0.25) is 0 Å². The fourth-order valence-electron chi connectivity index (χ4n) is 3.83. The van der Waals surface area contributed by atoms with Crippen molar-refractivity contribution < 1.29 is 4.74 Å². The van der Waals surface area contributed by atoms with Gasteiger partial charge in [0.25, 0.3) is 0 Å². The first-order valence-corrected chi connectivity index (χ1v) is 7.21. The van der Waals surface area contributed by atoms with Gasteiger partial charge in [0, 0.05) is 12.0 Å². The predicted molar refractivity (Wildman–Crippen MR) is 76.9 cm³/mol. The normalized spacial score (nSPS) is 30.9. The summed E-state index contributed by atoms with van der Waals surface area (Å²) in [5.41, 5.74) is 7.85. The molecule has 0 radical (unpaired) electrons. The first-order chi connectivity index (χ1) is 9.33. The molecule has 0 aliphatic carbocycles. The van der Waals surface area contributed by atoms with Crippen molar-refractivity contribution in [3.8, 4) is 0 Å². The molecule has 2 aliphatic rings. The first-order valence-electron chi connectivity index (χ1n) is 7.21. The second-order valence-electron chi connectivity index (χ2n) is 5.87. The van der Waals surface area contributed by atoms with Crippen molar-refractivity contribution in [2.24, 2.45) is 11.7 Å². The lowest BCUT2D eigenvalue weighted by Gasteiger charge is -2.26. The van der Waals surface area contributed by atoms with E-state index in [-0.39, 0.29) is 6.04 Å². The molecule has 0 saturated carbocycles. The quantitative estimate of drug-likeness (QED) is 0.890. The zero-order valence-corrected chi connectivity index (χ0v) is 11.0. The van der Waals surface area contributed by atoms with Gasteiger partial charge in [-0.15, -0.1) is 0 Å². The number of benzene rings is 2. The maximum Gasteiger partial charge on any atom is 0.0627 e. The van der Waals surface area contributed by atoms with E-state index in [1.807, 2.05) is 0 Å². The summed E-state index contributed by atoms with van der Waals surface area (Å²) < 4.78 is 5.96. The summed E-state index contributed by atoms with van der Waals surface area (Å²) in [5.74, 6) is 0.490. The van der Waals surface area contributed by atoms with Crippen LogP contribution in [0.1, 0.15) is 30.9 Å². The van der Waals surface area contributed by atoms with Crippen LogP contribution in [-0.2, 0) is 4.74 Å². The topological polar surface area (TPSA) is 35.2 Å². The molecule has 4 unspecified atom stereocenters. The summed E-state index contributed by atoms with van der Waals surface area (Å²) in [7, 11) is 0.